The summed E-state index contributed by atoms with van der Waals surface area (Å²) in [7, 11) is 1.60. The number of rotatable bonds is 5. The molecule has 1 aliphatic rings. The van der Waals surface area contributed by atoms with Gasteiger partial charge in [-0.25, -0.2) is 4.98 Å². The number of nitrogens with one attached hydrogen (secondary N) is 2. The Bertz CT molecular complexity index is 1170. The maximum Gasteiger partial charge on any atom is 0.269 e. The van der Waals surface area contributed by atoms with Gasteiger partial charge in [0, 0.05) is 50.5 Å². The molecule has 1 aliphatic heterocycles. The summed E-state index contributed by atoms with van der Waals surface area (Å²) in [5.41, 5.74) is 4.86. The van der Waals surface area contributed by atoms with Crippen LogP contribution < -0.4 is 15.8 Å². The molecular weight excluding hydrogens is 404 g/mol. The van der Waals surface area contributed by atoms with Crippen molar-refractivity contribution < 1.29 is 4.79 Å². The van der Waals surface area contributed by atoms with Crippen molar-refractivity contribution in [1.29, 1.82) is 0 Å². The second-order valence-electron chi connectivity index (χ2n) is 8.51. The summed E-state index contributed by atoms with van der Waals surface area (Å²) in [4.78, 5) is 40.6. The molecule has 1 amide bonds. The fraction of sp³-hybridized carbons (Fsp3) is 0.417. The number of piperazine rings is 1. The lowest BCUT2D eigenvalue weighted by atomic mass is 10.1. The summed E-state index contributed by atoms with van der Waals surface area (Å²) in [5, 5.41) is 2.60. The largest absolute Gasteiger partial charge is 0.365 e. The van der Waals surface area contributed by atoms with E-state index in [0.29, 0.717) is 24.2 Å². The van der Waals surface area contributed by atoms with Crippen molar-refractivity contribution in [3.63, 3.8) is 0 Å². The minimum Gasteiger partial charge on any atom is -0.365 e. The van der Waals surface area contributed by atoms with E-state index in [4.69, 9.17) is 0 Å². The van der Waals surface area contributed by atoms with Crippen LogP contribution in [0.4, 0.5) is 5.69 Å². The first-order chi connectivity index (χ1) is 15.4. The van der Waals surface area contributed by atoms with E-state index in [1.165, 1.54) is 0 Å². The fourth-order valence-corrected chi connectivity index (χ4v) is 4.35. The minimum absolute atomic E-state index is 0.0365. The summed E-state index contributed by atoms with van der Waals surface area (Å²) in [6.45, 7) is 8.91. The van der Waals surface area contributed by atoms with E-state index in [9.17, 15) is 9.59 Å². The molecule has 168 valence electrons. The molecule has 8 heteroatoms. The highest BCUT2D eigenvalue weighted by Gasteiger charge is 2.29. The Morgan fingerprint density at radius 1 is 1.16 bits per heavy atom. The van der Waals surface area contributed by atoms with Gasteiger partial charge in [0.1, 0.15) is 5.69 Å². The van der Waals surface area contributed by atoms with Crippen LogP contribution in [0.1, 0.15) is 42.4 Å². The van der Waals surface area contributed by atoms with E-state index < -0.39 is 0 Å². The molecule has 4 rings (SSSR count). The predicted octanol–water partition coefficient (Wildman–Crippen LogP) is 2.34. The SMILES string of the molecule is CCc1cc2ncc(CN3C[C@H](C)N(c4ccc(C(=O)NC)nc4)C[C@H]3C)cc2[nH]c1=O. The Hall–Kier alpha value is -3.26. The van der Waals surface area contributed by atoms with E-state index in [0.717, 1.165) is 47.5 Å². The molecule has 0 radical (unpaired) electrons. The number of hydrogen-bond acceptors (Lipinski definition) is 6. The summed E-state index contributed by atoms with van der Waals surface area (Å²) in [6, 6.07) is 8.26. The molecule has 0 unspecified atom stereocenters. The zero-order chi connectivity index (χ0) is 22.8. The van der Waals surface area contributed by atoms with Gasteiger partial charge < -0.3 is 15.2 Å². The number of pyridine rings is 3. The third-order valence-electron chi connectivity index (χ3n) is 6.25. The van der Waals surface area contributed by atoms with Crippen LogP contribution in [-0.4, -0.2) is 58.0 Å². The Labute approximate surface area is 187 Å². The molecule has 8 nitrogen and oxygen atoms in total. The lowest BCUT2D eigenvalue weighted by Gasteiger charge is -2.45. The van der Waals surface area contributed by atoms with Gasteiger partial charge in [0.2, 0.25) is 0 Å². The summed E-state index contributed by atoms with van der Waals surface area (Å²) < 4.78 is 0. The lowest BCUT2D eigenvalue weighted by Crippen LogP contribution is -2.56. The maximum atomic E-state index is 12.2. The quantitative estimate of drug-likeness (QED) is 0.640. The van der Waals surface area contributed by atoms with Gasteiger partial charge in [-0.1, -0.05) is 6.92 Å². The average Bonchev–Trinajstić information content (AvgIpc) is 2.80. The topological polar surface area (TPSA) is 94.2 Å². The summed E-state index contributed by atoms with van der Waals surface area (Å²) in [5.74, 6) is -0.181. The van der Waals surface area contributed by atoms with Gasteiger partial charge in [0.05, 0.1) is 22.9 Å². The van der Waals surface area contributed by atoms with Crippen LogP contribution in [0.3, 0.4) is 0 Å². The van der Waals surface area contributed by atoms with E-state index >= 15 is 0 Å². The molecule has 2 N–H and O–H groups in total. The van der Waals surface area contributed by atoms with Gasteiger partial charge in [0.25, 0.3) is 11.5 Å². The van der Waals surface area contributed by atoms with E-state index in [-0.39, 0.29) is 11.5 Å². The molecule has 0 spiro atoms. The molecule has 1 saturated heterocycles. The van der Waals surface area contributed by atoms with Crippen LogP contribution in [0.5, 0.6) is 0 Å². The average molecular weight is 435 g/mol. The number of aromatic nitrogens is 3. The number of aryl methyl sites for hydroxylation is 1. The van der Waals surface area contributed by atoms with Gasteiger partial charge in [0.15, 0.2) is 0 Å². The van der Waals surface area contributed by atoms with Crippen LogP contribution in [0, 0.1) is 0 Å². The molecule has 3 aromatic heterocycles. The first kappa shape index (κ1) is 22.0. The smallest absolute Gasteiger partial charge is 0.269 e. The van der Waals surface area contributed by atoms with Crippen molar-refractivity contribution in [1.82, 2.24) is 25.2 Å². The van der Waals surface area contributed by atoms with Gasteiger partial charge in [-0.2, -0.15) is 0 Å². The van der Waals surface area contributed by atoms with Crippen LogP contribution >= 0.6 is 0 Å². The zero-order valence-electron chi connectivity index (χ0n) is 19.1. The third kappa shape index (κ3) is 4.36. The van der Waals surface area contributed by atoms with Crippen molar-refractivity contribution in [3.8, 4) is 0 Å². The van der Waals surface area contributed by atoms with Gasteiger partial charge in [-0.15, -0.1) is 0 Å². The minimum atomic E-state index is -0.181. The van der Waals surface area contributed by atoms with Crippen molar-refractivity contribution in [2.24, 2.45) is 0 Å². The van der Waals surface area contributed by atoms with Crippen molar-refractivity contribution >= 4 is 22.6 Å². The lowest BCUT2D eigenvalue weighted by molar-refractivity contribution is 0.0958. The van der Waals surface area contributed by atoms with Crippen LogP contribution in [-0.2, 0) is 13.0 Å². The number of anilines is 1. The van der Waals surface area contributed by atoms with Gasteiger partial charge in [-0.05, 0) is 50.1 Å². The first-order valence-corrected chi connectivity index (χ1v) is 11.1. The second kappa shape index (κ2) is 9.08. The van der Waals surface area contributed by atoms with Crippen LogP contribution in [0.15, 0.2) is 41.5 Å². The summed E-state index contributed by atoms with van der Waals surface area (Å²) in [6.07, 6.45) is 4.38. The van der Waals surface area contributed by atoms with Gasteiger partial charge >= 0.3 is 0 Å². The molecule has 0 saturated carbocycles. The molecule has 2 atom stereocenters. The van der Waals surface area contributed by atoms with E-state index in [1.54, 1.807) is 19.3 Å². The number of hydrogen-bond donors (Lipinski definition) is 2. The zero-order valence-corrected chi connectivity index (χ0v) is 19.1. The van der Waals surface area contributed by atoms with Crippen molar-refractivity contribution in [2.45, 2.75) is 45.8 Å². The second-order valence-corrected chi connectivity index (χ2v) is 8.51. The van der Waals surface area contributed by atoms with Crippen LogP contribution in [0.25, 0.3) is 11.0 Å². The molecule has 0 bridgehead atoms. The Morgan fingerprint density at radius 3 is 2.66 bits per heavy atom. The van der Waals surface area contributed by atoms with E-state index in [1.807, 2.05) is 31.3 Å². The Morgan fingerprint density at radius 2 is 1.97 bits per heavy atom. The molecule has 3 aromatic rings. The maximum absolute atomic E-state index is 12.2. The fourth-order valence-electron chi connectivity index (χ4n) is 4.35. The highest BCUT2D eigenvalue weighted by molar-refractivity contribution is 5.92. The molecule has 4 heterocycles. The first-order valence-electron chi connectivity index (χ1n) is 11.1. The normalized spacial score (nSPS) is 19.3. The van der Waals surface area contributed by atoms with Gasteiger partial charge in [-0.3, -0.25) is 19.5 Å². The summed E-state index contributed by atoms with van der Waals surface area (Å²) >= 11 is 0. The van der Waals surface area contributed by atoms with Crippen LogP contribution in [0.2, 0.25) is 0 Å². The number of fused-ring (bicyclic) bond motifs is 1. The monoisotopic (exact) mass is 434 g/mol. The van der Waals surface area contributed by atoms with Crippen molar-refractivity contribution in [3.05, 3.63) is 63.8 Å². The Kier molecular flexibility index (Phi) is 6.23. The highest BCUT2D eigenvalue weighted by Crippen LogP contribution is 2.24. The predicted molar refractivity (Wildman–Crippen MR) is 126 cm³/mol. The standard InChI is InChI=1S/C24H30N6O2/c1-5-18-9-21-22(28-23(18)31)8-17(10-26-21)14-29-12-16(3)30(13-15(29)2)19-6-7-20(27-11-19)24(32)25-4/h6-11,15-16H,5,12-14H2,1-4H3,(H,25,32)(H,28,31)/t15-,16+/m1/s1. The molecule has 0 aromatic carbocycles. The molecule has 0 aliphatic carbocycles. The third-order valence-corrected chi connectivity index (χ3v) is 6.25. The number of H-pyrrole nitrogens is 1. The van der Waals surface area contributed by atoms with E-state index in [2.05, 4.69) is 43.9 Å². The number of carbonyl (C=O) groups is 1. The van der Waals surface area contributed by atoms with Crippen molar-refractivity contribution in [2.75, 3.05) is 25.0 Å². The number of aromatic amines is 1. The number of amides is 1. The number of nitrogens with zero attached hydrogens (tertiary/aromatic N) is 4. The Balaban J connectivity index is 1.48. The number of carbonyl (C=O) groups excluding carboxylic acids is 1. The molecule has 1 fully saturated rings. The molecular formula is C24H30N6O2. The highest BCUT2D eigenvalue weighted by atomic mass is 16.1. The molecule has 32 heavy (non-hydrogen) atoms.